The molecule has 1 aliphatic heterocycles. The Kier molecular flexibility index (Phi) is 3.01. The van der Waals surface area contributed by atoms with Crippen LogP contribution in [-0.4, -0.2) is 13.2 Å². The second-order valence-corrected chi connectivity index (χ2v) is 4.69. The first-order valence-corrected chi connectivity index (χ1v) is 6.36. The SMILES string of the molecule is Nc1ccc(-c2ccc3c(c2)CNCCO3)cc1N. The van der Waals surface area contributed by atoms with Gasteiger partial charge in [0.25, 0.3) is 0 Å². The van der Waals surface area contributed by atoms with Gasteiger partial charge in [0.15, 0.2) is 0 Å². The van der Waals surface area contributed by atoms with Gasteiger partial charge in [-0.05, 0) is 35.4 Å². The van der Waals surface area contributed by atoms with Crippen LogP contribution >= 0.6 is 0 Å². The van der Waals surface area contributed by atoms with Gasteiger partial charge < -0.3 is 21.5 Å². The van der Waals surface area contributed by atoms with Gasteiger partial charge in [0.2, 0.25) is 0 Å². The molecule has 1 aliphatic rings. The Morgan fingerprint density at radius 1 is 0.947 bits per heavy atom. The Morgan fingerprint density at radius 2 is 1.74 bits per heavy atom. The molecule has 0 atom stereocenters. The van der Waals surface area contributed by atoms with Crippen molar-refractivity contribution in [2.75, 3.05) is 24.6 Å². The number of benzene rings is 2. The average molecular weight is 255 g/mol. The summed E-state index contributed by atoms with van der Waals surface area (Å²) in [6.07, 6.45) is 0. The van der Waals surface area contributed by atoms with Gasteiger partial charge in [-0.1, -0.05) is 12.1 Å². The number of nitrogens with one attached hydrogen (secondary N) is 1. The molecule has 0 spiro atoms. The Hall–Kier alpha value is -2.20. The van der Waals surface area contributed by atoms with E-state index < -0.39 is 0 Å². The summed E-state index contributed by atoms with van der Waals surface area (Å²) in [7, 11) is 0. The molecule has 0 radical (unpaired) electrons. The van der Waals surface area contributed by atoms with Crippen molar-refractivity contribution in [3.63, 3.8) is 0 Å². The summed E-state index contributed by atoms with van der Waals surface area (Å²) in [4.78, 5) is 0. The second-order valence-electron chi connectivity index (χ2n) is 4.69. The smallest absolute Gasteiger partial charge is 0.123 e. The van der Waals surface area contributed by atoms with E-state index in [0.717, 1.165) is 30.0 Å². The maximum Gasteiger partial charge on any atom is 0.123 e. The Morgan fingerprint density at radius 3 is 2.58 bits per heavy atom. The van der Waals surface area contributed by atoms with Crippen molar-refractivity contribution < 1.29 is 4.74 Å². The average Bonchev–Trinajstić information content (AvgIpc) is 2.66. The largest absolute Gasteiger partial charge is 0.492 e. The van der Waals surface area contributed by atoms with E-state index in [1.807, 2.05) is 24.3 Å². The number of hydrogen-bond acceptors (Lipinski definition) is 4. The van der Waals surface area contributed by atoms with Crippen LogP contribution in [0.25, 0.3) is 11.1 Å². The van der Waals surface area contributed by atoms with Gasteiger partial charge in [0.05, 0.1) is 11.4 Å². The van der Waals surface area contributed by atoms with E-state index in [1.54, 1.807) is 0 Å². The van der Waals surface area contributed by atoms with Gasteiger partial charge in [0, 0.05) is 18.7 Å². The summed E-state index contributed by atoms with van der Waals surface area (Å²) < 4.78 is 5.67. The van der Waals surface area contributed by atoms with Crippen LogP contribution in [0.2, 0.25) is 0 Å². The predicted octanol–water partition coefficient (Wildman–Crippen LogP) is 2.00. The quantitative estimate of drug-likeness (QED) is 0.681. The first kappa shape index (κ1) is 11.9. The topological polar surface area (TPSA) is 73.3 Å². The van der Waals surface area contributed by atoms with E-state index in [1.165, 1.54) is 5.56 Å². The molecule has 98 valence electrons. The van der Waals surface area contributed by atoms with E-state index in [-0.39, 0.29) is 0 Å². The van der Waals surface area contributed by atoms with E-state index in [0.29, 0.717) is 18.0 Å². The van der Waals surface area contributed by atoms with E-state index in [2.05, 4.69) is 17.4 Å². The number of rotatable bonds is 1. The van der Waals surface area contributed by atoms with Crippen molar-refractivity contribution in [2.24, 2.45) is 0 Å². The Bertz CT molecular complexity index is 610. The molecule has 0 aromatic heterocycles. The number of nitrogens with two attached hydrogens (primary N) is 2. The molecule has 19 heavy (non-hydrogen) atoms. The van der Waals surface area contributed by atoms with Crippen LogP contribution in [0.4, 0.5) is 11.4 Å². The van der Waals surface area contributed by atoms with Crippen molar-refractivity contribution in [2.45, 2.75) is 6.54 Å². The molecular formula is C15H17N3O. The third kappa shape index (κ3) is 2.35. The van der Waals surface area contributed by atoms with Crippen molar-refractivity contribution >= 4 is 11.4 Å². The molecule has 2 aromatic carbocycles. The lowest BCUT2D eigenvalue weighted by atomic mass is 10.0. The number of fused-ring (bicyclic) bond motifs is 1. The fourth-order valence-corrected chi connectivity index (χ4v) is 2.25. The van der Waals surface area contributed by atoms with Gasteiger partial charge in [-0.2, -0.15) is 0 Å². The molecule has 0 fully saturated rings. The molecule has 4 nitrogen and oxygen atoms in total. The van der Waals surface area contributed by atoms with Crippen molar-refractivity contribution in [3.05, 3.63) is 42.0 Å². The first-order chi connectivity index (χ1) is 9.24. The molecular weight excluding hydrogens is 238 g/mol. The Balaban J connectivity index is 2.01. The summed E-state index contributed by atoms with van der Waals surface area (Å²) in [6.45, 7) is 2.41. The molecule has 0 unspecified atom stereocenters. The normalized spacial score (nSPS) is 14.3. The zero-order valence-electron chi connectivity index (χ0n) is 10.6. The zero-order chi connectivity index (χ0) is 13.2. The van der Waals surface area contributed by atoms with Crippen LogP contribution in [0.3, 0.4) is 0 Å². The summed E-state index contributed by atoms with van der Waals surface area (Å²) in [5.74, 6) is 0.956. The van der Waals surface area contributed by atoms with E-state index in [4.69, 9.17) is 16.2 Å². The Labute approximate surface area is 112 Å². The van der Waals surface area contributed by atoms with Crippen LogP contribution in [0.15, 0.2) is 36.4 Å². The lowest BCUT2D eigenvalue weighted by Crippen LogP contribution is -2.16. The molecule has 2 aromatic rings. The standard InChI is InChI=1S/C15H17N3O/c16-13-3-1-11(8-14(13)17)10-2-4-15-12(7-10)9-18-5-6-19-15/h1-4,7-8,18H,5-6,9,16-17H2. The van der Waals surface area contributed by atoms with Crippen molar-refractivity contribution in [3.8, 4) is 16.9 Å². The van der Waals surface area contributed by atoms with Gasteiger partial charge >= 0.3 is 0 Å². The number of anilines is 2. The fourth-order valence-electron chi connectivity index (χ4n) is 2.25. The highest BCUT2D eigenvalue weighted by Crippen LogP contribution is 2.30. The van der Waals surface area contributed by atoms with Crippen LogP contribution in [-0.2, 0) is 6.54 Å². The van der Waals surface area contributed by atoms with Crippen LogP contribution in [0.1, 0.15) is 5.56 Å². The molecule has 0 saturated carbocycles. The number of nitrogen functional groups attached to an aromatic ring is 2. The first-order valence-electron chi connectivity index (χ1n) is 6.36. The van der Waals surface area contributed by atoms with Crippen molar-refractivity contribution in [1.29, 1.82) is 0 Å². The highest BCUT2D eigenvalue weighted by Gasteiger charge is 2.10. The maximum absolute atomic E-state index is 5.86. The van der Waals surface area contributed by atoms with Gasteiger partial charge in [-0.15, -0.1) is 0 Å². The monoisotopic (exact) mass is 255 g/mol. The van der Waals surface area contributed by atoms with Gasteiger partial charge in [-0.3, -0.25) is 0 Å². The fraction of sp³-hybridized carbons (Fsp3) is 0.200. The highest BCUT2D eigenvalue weighted by molar-refractivity contribution is 5.75. The predicted molar refractivity (Wildman–Crippen MR) is 77.9 cm³/mol. The number of ether oxygens (including phenoxy) is 1. The lowest BCUT2D eigenvalue weighted by molar-refractivity contribution is 0.326. The minimum atomic E-state index is 0.613. The zero-order valence-corrected chi connectivity index (χ0v) is 10.6. The third-order valence-electron chi connectivity index (χ3n) is 3.33. The van der Waals surface area contributed by atoms with Crippen LogP contribution < -0.4 is 21.5 Å². The van der Waals surface area contributed by atoms with E-state index in [9.17, 15) is 0 Å². The number of hydrogen-bond donors (Lipinski definition) is 3. The molecule has 0 amide bonds. The second kappa shape index (κ2) is 4.82. The molecule has 0 bridgehead atoms. The molecule has 4 heteroatoms. The summed E-state index contributed by atoms with van der Waals surface area (Å²) >= 11 is 0. The van der Waals surface area contributed by atoms with Gasteiger partial charge in [0.1, 0.15) is 12.4 Å². The molecule has 1 heterocycles. The van der Waals surface area contributed by atoms with Crippen LogP contribution in [0.5, 0.6) is 5.75 Å². The lowest BCUT2D eigenvalue weighted by Gasteiger charge is -2.10. The maximum atomic E-state index is 5.86. The summed E-state index contributed by atoms with van der Waals surface area (Å²) in [5, 5.41) is 3.33. The summed E-state index contributed by atoms with van der Waals surface area (Å²) in [5.41, 5.74) is 16.2. The molecule has 5 N–H and O–H groups in total. The molecule has 0 saturated heterocycles. The van der Waals surface area contributed by atoms with E-state index >= 15 is 0 Å². The van der Waals surface area contributed by atoms with Crippen LogP contribution in [0, 0.1) is 0 Å². The summed E-state index contributed by atoms with van der Waals surface area (Å²) in [6, 6.07) is 11.9. The van der Waals surface area contributed by atoms with Gasteiger partial charge in [-0.25, -0.2) is 0 Å². The minimum Gasteiger partial charge on any atom is -0.492 e. The third-order valence-corrected chi connectivity index (χ3v) is 3.33. The minimum absolute atomic E-state index is 0.613. The van der Waals surface area contributed by atoms with Crippen molar-refractivity contribution in [1.82, 2.24) is 5.32 Å². The highest BCUT2D eigenvalue weighted by atomic mass is 16.5. The molecule has 0 aliphatic carbocycles. The molecule has 3 rings (SSSR count).